The zero-order valence-electron chi connectivity index (χ0n) is 12.3. The van der Waals surface area contributed by atoms with E-state index in [-0.39, 0.29) is 5.03 Å². The van der Waals surface area contributed by atoms with Gasteiger partial charge in [-0.15, -0.1) is 0 Å². The van der Waals surface area contributed by atoms with Crippen LogP contribution in [-0.4, -0.2) is 29.0 Å². The van der Waals surface area contributed by atoms with Crippen LogP contribution in [0.25, 0.3) is 5.65 Å². The van der Waals surface area contributed by atoms with Gasteiger partial charge in [-0.1, -0.05) is 6.07 Å². The summed E-state index contributed by atoms with van der Waals surface area (Å²) in [5.41, 5.74) is 3.83. The predicted molar refractivity (Wildman–Crippen MR) is 84.6 cm³/mol. The normalized spacial score (nSPS) is 11.7. The van der Waals surface area contributed by atoms with Crippen molar-refractivity contribution in [2.24, 2.45) is 0 Å². The minimum atomic E-state index is -3.26. The molecule has 3 rings (SSSR count). The van der Waals surface area contributed by atoms with Gasteiger partial charge in [-0.25, -0.2) is 18.4 Å². The summed E-state index contributed by atoms with van der Waals surface area (Å²) < 4.78 is 24.8. The molecule has 1 N–H and O–H groups in total. The number of hydrogen-bond acceptors (Lipinski definition) is 5. The lowest BCUT2D eigenvalue weighted by atomic mass is 10.3. The number of nitrogens with zero attached hydrogens (tertiary/aromatic N) is 3. The molecule has 3 aromatic heterocycles. The van der Waals surface area contributed by atoms with Crippen molar-refractivity contribution in [3.63, 3.8) is 0 Å². The second-order valence-corrected chi connectivity index (χ2v) is 7.11. The van der Waals surface area contributed by atoms with E-state index in [9.17, 15) is 8.42 Å². The average molecular weight is 316 g/mol. The fourth-order valence-corrected chi connectivity index (χ4v) is 2.79. The number of nitrogens with one attached hydrogen (secondary N) is 1. The van der Waals surface area contributed by atoms with Gasteiger partial charge in [0.1, 0.15) is 5.65 Å². The van der Waals surface area contributed by atoms with Gasteiger partial charge >= 0.3 is 0 Å². The topological polar surface area (TPSA) is 76.4 Å². The van der Waals surface area contributed by atoms with Crippen molar-refractivity contribution < 1.29 is 8.42 Å². The van der Waals surface area contributed by atoms with E-state index in [4.69, 9.17) is 0 Å². The maximum absolute atomic E-state index is 11.4. The maximum Gasteiger partial charge on any atom is 0.192 e. The van der Waals surface area contributed by atoms with Crippen LogP contribution in [0.3, 0.4) is 0 Å². The molecule has 0 amide bonds. The van der Waals surface area contributed by atoms with Crippen LogP contribution in [0.2, 0.25) is 0 Å². The Morgan fingerprint density at radius 2 is 2.00 bits per heavy atom. The van der Waals surface area contributed by atoms with E-state index in [0.29, 0.717) is 6.54 Å². The second-order valence-electron chi connectivity index (χ2n) is 5.15. The van der Waals surface area contributed by atoms with Gasteiger partial charge in [0.15, 0.2) is 14.9 Å². The number of pyridine rings is 2. The zero-order chi connectivity index (χ0) is 15.7. The fourth-order valence-electron chi connectivity index (χ4n) is 2.23. The van der Waals surface area contributed by atoms with Crippen molar-refractivity contribution >= 4 is 21.2 Å². The molecule has 0 aromatic carbocycles. The van der Waals surface area contributed by atoms with E-state index in [1.54, 1.807) is 6.07 Å². The molecule has 0 unspecified atom stereocenters. The molecule has 0 spiro atoms. The Morgan fingerprint density at radius 3 is 2.68 bits per heavy atom. The van der Waals surface area contributed by atoms with E-state index in [0.717, 1.165) is 28.8 Å². The molecule has 0 radical (unpaired) electrons. The predicted octanol–water partition coefficient (Wildman–Crippen LogP) is 2.05. The lowest BCUT2D eigenvalue weighted by molar-refractivity contribution is 0.598. The highest BCUT2D eigenvalue weighted by molar-refractivity contribution is 7.90. The molecule has 0 atom stereocenters. The van der Waals surface area contributed by atoms with Gasteiger partial charge in [0.2, 0.25) is 0 Å². The van der Waals surface area contributed by atoms with Crippen molar-refractivity contribution in [3.05, 3.63) is 54.1 Å². The van der Waals surface area contributed by atoms with Crippen LogP contribution in [0.4, 0.5) is 5.69 Å². The molecule has 6 nitrogen and oxygen atoms in total. The van der Waals surface area contributed by atoms with Gasteiger partial charge in [0, 0.05) is 12.5 Å². The van der Waals surface area contributed by atoms with E-state index >= 15 is 0 Å². The number of fused-ring (bicyclic) bond motifs is 1. The van der Waals surface area contributed by atoms with Crippen LogP contribution in [0, 0.1) is 6.92 Å². The van der Waals surface area contributed by atoms with Crippen LogP contribution in [0.5, 0.6) is 0 Å². The van der Waals surface area contributed by atoms with Crippen molar-refractivity contribution in [1.82, 2.24) is 14.4 Å². The number of aryl methyl sites for hydroxylation is 1. The average Bonchev–Trinajstić information content (AvgIpc) is 2.89. The largest absolute Gasteiger partial charge is 0.378 e. The summed E-state index contributed by atoms with van der Waals surface area (Å²) in [6.45, 7) is 2.60. The Bertz CT molecular complexity index is 914. The number of imidazole rings is 1. The lowest BCUT2D eigenvalue weighted by Crippen LogP contribution is -2.05. The molecular weight excluding hydrogens is 300 g/mol. The van der Waals surface area contributed by atoms with Gasteiger partial charge < -0.3 is 9.72 Å². The van der Waals surface area contributed by atoms with Crippen LogP contribution >= 0.6 is 0 Å². The number of aromatic nitrogens is 3. The molecule has 0 saturated carbocycles. The fraction of sp³-hybridized carbons (Fsp3) is 0.200. The van der Waals surface area contributed by atoms with E-state index in [1.807, 2.05) is 35.9 Å². The Hall–Kier alpha value is -2.41. The first-order valence-electron chi connectivity index (χ1n) is 6.77. The van der Waals surface area contributed by atoms with Crippen molar-refractivity contribution in [2.75, 3.05) is 11.6 Å². The smallest absolute Gasteiger partial charge is 0.192 e. The SMILES string of the molecule is Cc1cccn2c(CNc3ccc(S(C)(=O)=O)nc3)cnc12. The van der Waals surface area contributed by atoms with Gasteiger partial charge in [0.05, 0.1) is 30.3 Å². The Balaban J connectivity index is 1.78. The summed E-state index contributed by atoms with van der Waals surface area (Å²) in [5, 5.41) is 3.29. The molecule has 0 fully saturated rings. The molecule has 0 aliphatic rings. The minimum absolute atomic E-state index is 0.0727. The molecule has 22 heavy (non-hydrogen) atoms. The summed E-state index contributed by atoms with van der Waals surface area (Å²) in [6, 6.07) is 7.21. The van der Waals surface area contributed by atoms with Crippen LogP contribution < -0.4 is 5.32 Å². The summed E-state index contributed by atoms with van der Waals surface area (Å²) in [5.74, 6) is 0. The molecule has 3 heterocycles. The van der Waals surface area contributed by atoms with Crippen LogP contribution in [-0.2, 0) is 16.4 Å². The number of hydrogen-bond donors (Lipinski definition) is 1. The first kappa shape index (κ1) is 14.5. The summed E-state index contributed by atoms with van der Waals surface area (Å²) in [6.07, 6.45) is 6.46. The number of rotatable bonds is 4. The van der Waals surface area contributed by atoms with Gasteiger partial charge in [0.25, 0.3) is 0 Å². The first-order chi connectivity index (χ1) is 10.4. The third-order valence-corrected chi connectivity index (χ3v) is 4.40. The summed E-state index contributed by atoms with van der Waals surface area (Å²) in [4.78, 5) is 8.36. The first-order valence-corrected chi connectivity index (χ1v) is 8.66. The molecule has 7 heteroatoms. The molecule has 3 aromatic rings. The highest BCUT2D eigenvalue weighted by atomic mass is 32.2. The molecule has 0 saturated heterocycles. The van der Waals surface area contributed by atoms with Gasteiger partial charge in [-0.3, -0.25) is 0 Å². The molecule has 0 aliphatic carbocycles. The Labute approximate surface area is 128 Å². The third kappa shape index (κ3) is 2.80. The van der Waals surface area contributed by atoms with Gasteiger partial charge in [-0.05, 0) is 30.7 Å². The molecule has 0 aliphatic heterocycles. The summed E-state index contributed by atoms with van der Waals surface area (Å²) >= 11 is 0. The minimum Gasteiger partial charge on any atom is -0.378 e. The van der Waals surface area contributed by atoms with E-state index in [2.05, 4.69) is 15.3 Å². The van der Waals surface area contributed by atoms with Crippen molar-refractivity contribution in [1.29, 1.82) is 0 Å². The second kappa shape index (κ2) is 5.42. The van der Waals surface area contributed by atoms with Crippen molar-refractivity contribution in [2.45, 2.75) is 18.5 Å². The summed E-state index contributed by atoms with van der Waals surface area (Å²) in [7, 11) is -3.26. The highest BCUT2D eigenvalue weighted by Crippen LogP contribution is 2.14. The third-order valence-electron chi connectivity index (χ3n) is 3.40. The standard InChI is InChI=1S/C15H16N4O2S/c1-11-4-3-7-19-13(10-18-15(11)19)9-16-12-5-6-14(17-8-12)22(2,20)21/h3-8,10,16H,9H2,1-2H3. The van der Waals surface area contributed by atoms with E-state index < -0.39 is 9.84 Å². The Morgan fingerprint density at radius 1 is 1.18 bits per heavy atom. The van der Waals surface area contributed by atoms with Gasteiger partial charge in [-0.2, -0.15) is 0 Å². The monoisotopic (exact) mass is 316 g/mol. The molecular formula is C15H16N4O2S. The molecule has 114 valence electrons. The van der Waals surface area contributed by atoms with Crippen molar-refractivity contribution in [3.8, 4) is 0 Å². The Kier molecular flexibility index (Phi) is 3.58. The number of sulfone groups is 1. The molecule has 0 bridgehead atoms. The van der Waals surface area contributed by atoms with E-state index in [1.165, 1.54) is 12.3 Å². The zero-order valence-corrected chi connectivity index (χ0v) is 13.1. The van der Waals surface area contributed by atoms with Crippen LogP contribution in [0.15, 0.2) is 47.9 Å². The lowest BCUT2D eigenvalue weighted by Gasteiger charge is -2.07. The maximum atomic E-state index is 11.4. The van der Waals surface area contributed by atoms with Crippen LogP contribution in [0.1, 0.15) is 11.3 Å². The number of anilines is 1. The quantitative estimate of drug-likeness (QED) is 0.797. The highest BCUT2D eigenvalue weighted by Gasteiger charge is 2.08.